The molecule has 1 rings (SSSR count). The van der Waals surface area contributed by atoms with E-state index >= 15 is 0 Å². The van der Waals surface area contributed by atoms with Crippen molar-refractivity contribution in [2.24, 2.45) is 0 Å². The number of carbonyl (C=O) groups is 1. The van der Waals surface area contributed by atoms with Crippen LogP contribution in [0.3, 0.4) is 0 Å². The molecule has 4 N–H and O–H groups in total. The second-order valence-electron chi connectivity index (χ2n) is 3.62. The van der Waals surface area contributed by atoms with Crippen molar-refractivity contribution in [1.29, 1.82) is 0 Å². The van der Waals surface area contributed by atoms with Gasteiger partial charge in [-0.3, -0.25) is 9.48 Å². The summed E-state index contributed by atoms with van der Waals surface area (Å²) in [6.45, 7) is 4.03. The summed E-state index contributed by atoms with van der Waals surface area (Å²) in [6.07, 6.45) is 1.37. The van der Waals surface area contributed by atoms with Crippen LogP contribution in [-0.2, 0) is 21.4 Å². The van der Waals surface area contributed by atoms with Crippen molar-refractivity contribution in [2.45, 2.75) is 25.3 Å². The second-order valence-corrected chi connectivity index (χ2v) is 5.35. The van der Waals surface area contributed by atoms with Crippen LogP contribution in [0, 0.1) is 0 Å². The van der Waals surface area contributed by atoms with Gasteiger partial charge in [0.2, 0.25) is 15.9 Å². The molecule has 102 valence electrons. The van der Waals surface area contributed by atoms with Crippen molar-refractivity contribution in [3.63, 3.8) is 0 Å². The van der Waals surface area contributed by atoms with Gasteiger partial charge >= 0.3 is 0 Å². The van der Waals surface area contributed by atoms with Crippen molar-refractivity contribution in [3.8, 4) is 0 Å². The molecule has 0 spiro atoms. The number of hydrogen-bond acceptors (Lipinski definition) is 5. The van der Waals surface area contributed by atoms with Gasteiger partial charge < -0.3 is 11.1 Å². The van der Waals surface area contributed by atoms with Gasteiger partial charge in [-0.1, -0.05) is 0 Å². The van der Waals surface area contributed by atoms with Crippen molar-refractivity contribution < 1.29 is 13.2 Å². The van der Waals surface area contributed by atoms with Crippen LogP contribution in [0.15, 0.2) is 11.1 Å². The number of nitrogens with two attached hydrogens (primary N) is 1. The monoisotopic (exact) mass is 275 g/mol. The molecule has 8 nitrogen and oxygen atoms in total. The summed E-state index contributed by atoms with van der Waals surface area (Å²) in [5.41, 5.74) is 5.53. The molecule has 0 aliphatic heterocycles. The quantitative estimate of drug-likeness (QED) is 0.569. The summed E-state index contributed by atoms with van der Waals surface area (Å²) in [5.74, 6) is -0.253. The molecule has 0 aliphatic rings. The largest absolute Gasteiger partial charge is 0.381 e. The zero-order chi connectivity index (χ0) is 13.8. The summed E-state index contributed by atoms with van der Waals surface area (Å²) in [4.78, 5) is 10.6. The molecule has 9 heteroatoms. The zero-order valence-corrected chi connectivity index (χ0v) is 11.1. The predicted octanol–water partition coefficient (Wildman–Crippen LogP) is -1.10. The Kier molecular flexibility index (Phi) is 4.68. The lowest BCUT2D eigenvalue weighted by Crippen LogP contribution is -2.33. The SMILES string of the molecule is CCn1cc(S(=O)(=O)NCCNC(C)=O)c(N)n1. The molecule has 0 atom stereocenters. The Labute approximate surface area is 106 Å². The molecule has 0 bridgehead atoms. The fourth-order valence-electron chi connectivity index (χ4n) is 1.29. The average molecular weight is 275 g/mol. The maximum Gasteiger partial charge on any atom is 0.245 e. The van der Waals surface area contributed by atoms with E-state index in [0.29, 0.717) is 6.54 Å². The lowest BCUT2D eigenvalue weighted by molar-refractivity contribution is -0.118. The first-order valence-corrected chi connectivity index (χ1v) is 6.92. The summed E-state index contributed by atoms with van der Waals surface area (Å²) in [6, 6.07) is 0. The molecule has 0 aromatic carbocycles. The van der Waals surface area contributed by atoms with E-state index in [1.165, 1.54) is 17.8 Å². The Morgan fingerprint density at radius 1 is 1.50 bits per heavy atom. The molecule has 0 aliphatic carbocycles. The van der Waals surface area contributed by atoms with E-state index in [9.17, 15) is 13.2 Å². The third-order valence-corrected chi connectivity index (χ3v) is 3.64. The first-order chi connectivity index (χ1) is 8.36. The van der Waals surface area contributed by atoms with Crippen molar-refractivity contribution in [2.75, 3.05) is 18.8 Å². The van der Waals surface area contributed by atoms with Gasteiger partial charge in [-0.25, -0.2) is 13.1 Å². The smallest absolute Gasteiger partial charge is 0.245 e. The Balaban J connectivity index is 2.68. The Morgan fingerprint density at radius 2 is 2.17 bits per heavy atom. The van der Waals surface area contributed by atoms with E-state index in [1.54, 1.807) is 0 Å². The lowest BCUT2D eigenvalue weighted by Gasteiger charge is -2.05. The maximum atomic E-state index is 11.9. The summed E-state index contributed by atoms with van der Waals surface area (Å²) >= 11 is 0. The number of hydrogen-bond donors (Lipinski definition) is 3. The highest BCUT2D eigenvalue weighted by Gasteiger charge is 2.20. The van der Waals surface area contributed by atoms with Gasteiger partial charge in [-0.05, 0) is 6.92 Å². The molecule has 0 saturated heterocycles. The molecule has 1 heterocycles. The lowest BCUT2D eigenvalue weighted by atomic mass is 10.6. The third-order valence-electron chi connectivity index (χ3n) is 2.16. The van der Waals surface area contributed by atoms with Crippen molar-refractivity contribution >= 4 is 21.7 Å². The second kappa shape index (κ2) is 5.83. The number of carbonyl (C=O) groups excluding carboxylic acids is 1. The number of rotatable bonds is 6. The van der Waals surface area contributed by atoms with Crippen molar-refractivity contribution in [1.82, 2.24) is 19.8 Å². The minimum Gasteiger partial charge on any atom is -0.381 e. The summed E-state index contributed by atoms with van der Waals surface area (Å²) < 4.78 is 27.5. The van der Waals surface area contributed by atoms with E-state index in [2.05, 4.69) is 15.1 Å². The Hall–Kier alpha value is -1.61. The van der Waals surface area contributed by atoms with Crippen molar-refractivity contribution in [3.05, 3.63) is 6.20 Å². The van der Waals surface area contributed by atoms with Gasteiger partial charge in [0.05, 0.1) is 0 Å². The number of nitrogens with one attached hydrogen (secondary N) is 2. The van der Waals surface area contributed by atoms with Crippen LogP contribution in [0.25, 0.3) is 0 Å². The minimum atomic E-state index is -3.69. The number of nitrogens with zero attached hydrogens (tertiary/aromatic N) is 2. The number of amides is 1. The molecule has 0 radical (unpaired) electrons. The summed E-state index contributed by atoms with van der Waals surface area (Å²) in [7, 11) is -3.69. The van der Waals surface area contributed by atoms with E-state index in [-0.39, 0.29) is 29.7 Å². The highest BCUT2D eigenvalue weighted by atomic mass is 32.2. The van der Waals surface area contributed by atoms with Crippen LogP contribution < -0.4 is 15.8 Å². The highest BCUT2D eigenvalue weighted by molar-refractivity contribution is 7.89. The van der Waals surface area contributed by atoms with Crippen LogP contribution >= 0.6 is 0 Å². The number of anilines is 1. The molecule has 1 amide bonds. The minimum absolute atomic E-state index is 0.0381. The molecule has 1 aromatic heterocycles. The average Bonchev–Trinajstić information content (AvgIpc) is 2.66. The zero-order valence-electron chi connectivity index (χ0n) is 10.3. The normalized spacial score (nSPS) is 11.4. The van der Waals surface area contributed by atoms with Crippen LogP contribution in [0.2, 0.25) is 0 Å². The topological polar surface area (TPSA) is 119 Å². The maximum absolute atomic E-state index is 11.9. The molecular weight excluding hydrogens is 258 g/mol. The predicted molar refractivity (Wildman–Crippen MR) is 66.2 cm³/mol. The highest BCUT2D eigenvalue weighted by Crippen LogP contribution is 2.15. The van der Waals surface area contributed by atoms with E-state index in [1.807, 2.05) is 6.92 Å². The third kappa shape index (κ3) is 3.70. The first kappa shape index (κ1) is 14.5. The fraction of sp³-hybridized carbons (Fsp3) is 0.556. The van der Waals surface area contributed by atoms with Gasteiger partial charge in [0.1, 0.15) is 4.90 Å². The number of nitrogen functional groups attached to an aromatic ring is 1. The molecule has 1 aromatic rings. The summed E-state index contributed by atoms with van der Waals surface area (Å²) in [5, 5.41) is 6.34. The fourth-order valence-corrected chi connectivity index (χ4v) is 2.39. The van der Waals surface area contributed by atoms with Crippen LogP contribution in [0.5, 0.6) is 0 Å². The Morgan fingerprint density at radius 3 is 2.67 bits per heavy atom. The standard InChI is InChI=1S/C9H17N5O3S/c1-3-14-6-8(9(10)13-14)18(16,17)12-5-4-11-7(2)15/h6,12H,3-5H2,1-2H3,(H2,10,13)(H,11,15). The van der Waals surface area contributed by atoms with E-state index in [0.717, 1.165) is 0 Å². The van der Waals surface area contributed by atoms with Crippen LogP contribution in [0.1, 0.15) is 13.8 Å². The number of aryl methyl sites for hydroxylation is 1. The molecule has 0 unspecified atom stereocenters. The van der Waals surface area contributed by atoms with E-state index in [4.69, 9.17) is 5.73 Å². The number of aromatic nitrogens is 2. The van der Waals surface area contributed by atoms with Gasteiger partial charge in [-0.15, -0.1) is 0 Å². The first-order valence-electron chi connectivity index (χ1n) is 5.44. The van der Waals surface area contributed by atoms with Crippen LogP contribution in [-0.4, -0.2) is 37.2 Å². The molecular formula is C9H17N5O3S. The Bertz CT molecular complexity index is 522. The van der Waals surface area contributed by atoms with Crippen LogP contribution in [0.4, 0.5) is 5.82 Å². The number of sulfonamides is 1. The van der Waals surface area contributed by atoms with Gasteiger partial charge in [-0.2, -0.15) is 5.10 Å². The van der Waals surface area contributed by atoms with Gasteiger partial charge in [0.25, 0.3) is 0 Å². The van der Waals surface area contributed by atoms with E-state index < -0.39 is 10.0 Å². The molecule has 18 heavy (non-hydrogen) atoms. The van der Waals surface area contributed by atoms with Gasteiger partial charge in [0.15, 0.2) is 5.82 Å². The molecule has 0 saturated carbocycles. The van der Waals surface area contributed by atoms with Gasteiger partial charge in [0, 0.05) is 32.8 Å². The molecule has 0 fully saturated rings.